The summed E-state index contributed by atoms with van der Waals surface area (Å²) in [6.45, 7) is 5.25. The molecule has 1 heterocycles. The van der Waals surface area contributed by atoms with Crippen LogP contribution in [0.5, 0.6) is 0 Å². The van der Waals surface area contributed by atoms with Gasteiger partial charge in [0.1, 0.15) is 0 Å². The van der Waals surface area contributed by atoms with Crippen LogP contribution in [-0.2, 0) is 0 Å². The zero-order chi connectivity index (χ0) is 14.5. The first-order chi connectivity index (χ1) is 9.60. The monoisotopic (exact) mass is 329 g/mol. The van der Waals surface area contributed by atoms with Crippen molar-refractivity contribution in [3.05, 3.63) is 39.3 Å². The standard InChI is InChI=1S/C14H17Cl2N3S/c1-3-6-17-9(2)13-8-20-14(19-13)18-12-5-4-10(15)7-11(12)16/h4-5,7-9,17H,3,6H2,1-2H3,(H,18,19). The van der Waals surface area contributed by atoms with E-state index in [9.17, 15) is 0 Å². The molecule has 1 aromatic heterocycles. The van der Waals surface area contributed by atoms with Gasteiger partial charge in [0.15, 0.2) is 5.13 Å². The van der Waals surface area contributed by atoms with E-state index in [0.29, 0.717) is 10.0 Å². The molecule has 0 amide bonds. The van der Waals surface area contributed by atoms with Gasteiger partial charge < -0.3 is 10.6 Å². The second kappa shape index (κ2) is 7.27. The molecule has 0 bridgehead atoms. The third kappa shape index (κ3) is 4.09. The molecule has 0 fully saturated rings. The second-order valence-electron chi connectivity index (χ2n) is 4.50. The van der Waals surface area contributed by atoms with Crippen molar-refractivity contribution >= 4 is 45.4 Å². The first-order valence-corrected chi connectivity index (χ1v) is 8.14. The van der Waals surface area contributed by atoms with Crippen molar-refractivity contribution in [2.45, 2.75) is 26.3 Å². The van der Waals surface area contributed by atoms with Crippen LogP contribution in [0, 0.1) is 0 Å². The highest BCUT2D eigenvalue weighted by atomic mass is 35.5. The molecular weight excluding hydrogens is 313 g/mol. The summed E-state index contributed by atoms with van der Waals surface area (Å²) in [6, 6.07) is 5.62. The molecule has 108 valence electrons. The van der Waals surface area contributed by atoms with Crippen molar-refractivity contribution in [2.75, 3.05) is 11.9 Å². The Morgan fingerprint density at radius 3 is 2.85 bits per heavy atom. The second-order valence-corrected chi connectivity index (χ2v) is 6.20. The highest BCUT2D eigenvalue weighted by molar-refractivity contribution is 7.13. The van der Waals surface area contributed by atoms with Crippen LogP contribution in [0.1, 0.15) is 32.0 Å². The first kappa shape index (κ1) is 15.6. The molecule has 0 saturated heterocycles. The summed E-state index contributed by atoms with van der Waals surface area (Å²) < 4.78 is 0. The average molecular weight is 330 g/mol. The molecule has 2 rings (SSSR count). The van der Waals surface area contributed by atoms with Gasteiger partial charge in [0.25, 0.3) is 0 Å². The molecule has 0 spiro atoms. The summed E-state index contributed by atoms with van der Waals surface area (Å²) >= 11 is 13.6. The van der Waals surface area contributed by atoms with E-state index in [1.54, 1.807) is 23.5 Å². The highest BCUT2D eigenvalue weighted by Crippen LogP contribution is 2.30. The van der Waals surface area contributed by atoms with Crippen molar-refractivity contribution in [3.63, 3.8) is 0 Å². The predicted octanol–water partition coefficient (Wildman–Crippen LogP) is 5.25. The number of anilines is 2. The van der Waals surface area contributed by atoms with Crippen molar-refractivity contribution < 1.29 is 0 Å². The fourth-order valence-electron chi connectivity index (χ4n) is 1.71. The summed E-state index contributed by atoms with van der Waals surface area (Å²) in [5.74, 6) is 0. The molecule has 0 radical (unpaired) electrons. The lowest BCUT2D eigenvalue weighted by atomic mass is 10.2. The number of nitrogens with one attached hydrogen (secondary N) is 2. The maximum atomic E-state index is 6.13. The number of aromatic nitrogens is 1. The summed E-state index contributed by atoms with van der Waals surface area (Å²) in [7, 11) is 0. The first-order valence-electron chi connectivity index (χ1n) is 6.51. The van der Waals surface area contributed by atoms with Gasteiger partial charge in [-0.25, -0.2) is 4.98 Å². The number of hydrogen-bond donors (Lipinski definition) is 2. The normalized spacial score (nSPS) is 12.4. The summed E-state index contributed by atoms with van der Waals surface area (Å²) in [6.07, 6.45) is 1.11. The molecule has 2 N–H and O–H groups in total. The molecule has 0 aliphatic rings. The molecule has 0 aliphatic carbocycles. The predicted molar refractivity (Wildman–Crippen MR) is 88.6 cm³/mol. The Kier molecular flexibility index (Phi) is 5.66. The number of benzene rings is 1. The van der Waals surface area contributed by atoms with Crippen LogP contribution < -0.4 is 10.6 Å². The van der Waals surface area contributed by atoms with E-state index in [1.165, 1.54) is 0 Å². The SMILES string of the molecule is CCCNC(C)c1csc(Nc2ccc(Cl)cc2Cl)n1. The lowest BCUT2D eigenvalue weighted by Gasteiger charge is -2.10. The Balaban J connectivity index is 2.05. The van der Waals surface area contributed by atoms with Gasteiger partial charge in [-0.05, 0) is 38.1 Å². The zero-order valence-electron chi connectivity index (χ0n) is 11.4. The molecule has 1 unspecified atom stereocenters. The van der Waals surface area contributed by atoms with Crippen molar-refractivity contribution in [3.8, 4) is 0 Å². The Hall–Kier alpha value is -0.810. The van der Waals surface area contributed by atoms with Gasteiger partial charge in [-0.1, -0.05) is 30.1 Å². The summed E-state index contributed by atoms with van der Waals surface area (Å²) in [4.78, 5) is 4.58. The van der Waals surface area contributed by atoms with E-state index >= 15 is 0 Å². The van der Waals surface area contributed by atoms with Crippen molar-refractivity contribution in [2.24, 2.45) is 0 Å². The number of rotatable bonds is 6. The third-order valence-electron chi connectivity index (χ3n) is 2.84. The zero-order valence-corrected chi connectivity index (χ0v) is 13.7. The highest BCUT2D eigenvalue weighted by Gasteiger charge is 2.10. The average Bonchev–Trinajstić information content (AvgIpc) is 2.88. The van der Waals surface area contributed by atoms with Crippen LogP contribution >= 0.6 is 34.5 Å². The molecule has 1 aromatic carbocycles. The molecule has 2 aromatic rings. The Morgan fingerprint density at radius 1 is 1.35 bits per heavy atom. The Morgan fingerprint density at radius 2 is 2.15 bits per heavy atom. The van der Waals surface area contributed by atoms with E-state index in [0.717, 1.165) is 29.5 Å². The van der Waals surface area contributed by atoms with Crippen LogP contribution in [0.15, 0.2) is 23.6 Å². The fourth-order valence-corrected chi connectivity index (χ4v) is 2.99. The van der Waals surface area contributed by atoms with Crippen LogP contribution in [-0.4, -0.2) is 11.5 Å². The van der Waals surface area contributed by atoms with Gasteiger partial charge in [0, 0.05) is 16.4 Å². The maximum absolute atomic E-state index is 6.13. The molecule has 3 nitrogen and oxygen atoms in total. The quantitative estimate of drug-likeness (QED) is 0.759. The minimum Gasteiger partial charge on any atom is -0.330 e. The smallest absolute Gasteiger partial charge is 0.187 e. The number of nitrogens with zero attached hydrogens (tertiary/aromatic N) is 1. The minimum absolute atomic E-state index is 0.252. The van der Waals surface area contributed by atoms with E-state index in [4.69, 9.17) is 23.2 Å². The maximum Gasteiger partial charge on any atom is 0.187 e. The van der Waals surface area contributed by atoms with Crippen molar-refractivity contribution in [1.29, 1.82) is 0 Å². The van der Waals surface area contributed by atoms with Gasteiger partial charge >= 0.3 is 0 Å². The van der Waals surface area contributed by atoms with Crippen molar-refractivity contribution in [1.82, 2.24) is 10.3 Å². The lowest BCUT2D eigenvalue weighted by molar-refractivity contribution is 0.561. The number of halogens is 2. The number of thiazole rings is 1. The van der Waals surface area contributed by atoms with Crippen LogP contribution in [0.2, 0.25) is 10.0 Å². The number of hydrogen-bond acceptors (Lipinski definition) is 4. The topological polar surface area (TPSA) is 37.0 Å². The van der Waals surface area contributed by atoms with Gasteiger partial charge in [-0.15, -0.1) is 11.3 Å². The van der Waals surface area contributed by atoms with E-state index < -0.39 is 0 Å². The van der Waals surface area contributed by atoms with Gasteiger partial charge in [-0.2, -0.15) is 0 Å². The molecule has 0 aliphatic heterocycles. The lowest BCUT2D eigenvalue weighted by Crippen LogP contribution is -2.19. The van der Waals surface area contributed by atoms with Gasteiger partial charge in [0.05, 0.1) is 16.4 Å². The van der Waals surface area contributed by atoms with E-state index in [1.807, 2.05) is 6.07 Å². The van der Waals surface area contributed by atoms with E-state index in [-0.39, 0.29) is 6.04 Å². The molecule has 6 heteroatoms. The molecular formula is C14H17Cl2N3S. The Labute approximate surface area is 133 Å². The van der Waals surface area contributed by atoms with Crippen LogP contribution in [0.3, 0.4) is 0 Å². The van der Waals surface area contributed by atoms with Gasteiger partial charge in [0.2, 0.25) is 0 Å². The third-order valence-corrected chi connectivity index (χ3v) is 4.16. The molecule has 1 atom stereocenters. The largest absolute Gasteiger partial charge is 0.330 e. The summed E-state index contributed by atoms with van der Waals surface area (Å²) in [5.41, 5.74) is 1.85. The van der Waals surface area contributed by atoms with Crippen LogP contribution in [0.25, 0.3) is 0 Å². The minimum atomic E-state index is 0.252. The van der Waals surface area contributed by atoms with Gasteiger partial charge in [-0.3, -0.25) is 0 Å². The summed E-state index contributed by atoms with van der Waals surface area (Å²) in [5, 5.41) is 10.7. The fraction of sp³-hybridized carbons (Fsp3) is 0.357. The van der Waals surface area contributed by atoms with Crippen LogP contribution in [0.4, 0.5) is 10.8 Å². The Bertz CT molecular complexity index is 571. The molecule has 20 heavy (non-hydrogen) atoms. The van der Waals surface area contributed by atoms with E-state index in [2.05, 4.69) is 34.8 Å². The molecule has 0 saturated carbocycles.